The Hall–Kier alpha value is -1.43. The molecule has 0 fully saturated rings. The lowest BCUT2D eigenvalue weighted by Crippen LogP contribution is -2.15. The van der Waals surface area contributed by atoms with E-state index in [1.54, 1.807) is 6.07 Å². The first-order chi connectivity index (χ1) is 5.67. The number of rotatable bonds is 2. The summed E-state index contributed by atoms with van der Waals surface area (Å²) in [5.74, 6) is -3.01. The van der Waals surface area contributed by atoms with Gasteiger partial charge in [-0.25, -0.2) is 6.57 Å². The smallest absolute Gasteiger partial charge is 0.310 e. The first kappa shape index (κ1) is 8.66. The van der Waals surface area contributed by atoms with Gasteiger partial charge in [-0.15, -0.1) is 0 Å². The van der Waals surface area contributed by atoms with E-state index in [2.05, 4.69) is 4.85 Å². The van der Waals surface area contributed by atoms with E-state index in [1.807, 2.05) is 0 Å². The Morgan fingerprint density at radius 1 is 1.25 bits per heavy atom. The first-order valence-corrected chi connectivity index (χ1v) is 3.43. The summed E-state index contributed by atoms with van der Waals surface area (Å²) in [4.78, 5) is 2.68. The fourth-order valence-electron chi connectivity index (χ4n) is 0.873. The second-order valence-corrected chi connectivity index (χ2v) is 2.39. The van der Waals surface area contributed by atoms with E-state index in [0.717, 1.165) is 0 Å². The van der Waals surface area contributed by atoms with Crippen molar-refractivity contribution in [3.05, 3.63) is 47.3 Å². The van der Waals surface area contributed by atoms with Gasteiger partial charge in [0.05, 0.1) is 0 Å². The van der Waals surface area contributed by atoms with Crippen LogP contribution in [-0.2, 0) is 5.92 Å². The van der Waals surface area contributed by atoms with Crippen molar-refractivity contribution in [3.8, 4) is 0 Å². The zero-order valence-electron chi connectivity index (χ0n) is 6.30. The topological polar surface area (TPSA) is 4.36 Å². The highest BCUT2D eigenvalue weighted by Crippen LogP contribution is 2.27. The molecule has 0 atom stereocenters. The van der Waals surface area contributed by atoms with E-state index in [0.29, 0.717) is 0 Å². The SMILES string of the molecule is [C-]#[N+]CC(F)(F)c1ccccc1. The minimum absolute atomic E-state index is 0.0963. The molecule has 0 amide bonds. The zero-order valence-corrected chi connectivity index (χ0v) is 6.30. The molecule has 1 aromatic carbocycles. The van der Waals surface area contributed by atoms with Gasteiger partial charge in [-0.3, -0.25) is 0 Å². The summed E-state index contributed by atoms with van der Waals surface area (Å²) in [6, 6.07) is 7.38. The Bertz CT molecular complexity index is 287. The van der Waals surface area contributed by atoms with Crippen molar-refractivity contribution in [2.45, 2.75) is 5.92 Å². The third kappa shape index (κ3) is 1.79. The van der Waals surface area contributed by atoms with Crippen molar-refractivity contribution < 1.29 is 8.78 Å². The van der Waals surface area contributed by atoms with Gasteiger partial charge >= 0.3 is 5.92 Å². The van der Waals surface area contributed by atoms with Crippen LogP contribution >= 0.6 is 0 Å². The second kappa shape index (κ2) is 3.31. The summed E-state index contributed by atoms with van der Waals surface area (Å²) in [5.41, 5.74) is -0.0963. The number of benzene rings is 1. The van der Waals surface area contributed by atoms with Gasteiger partial charge < -0.3 is 4.85 Å². The molecule has 0 saturated carbocycles. The highest BCUT2D eigenvalue weighted by Gasteiger charge is 2.34. The molecule has 3 heteroatoms. The summed E-state index contributed by atoms with van der Waals surface area (Å²) >= 11 is 0. The summed E-state index contributed by atoms with van der Waals surface area (Å²) in [6.07, 6.45) is 0. The molecule has 62 valence electrons. The van der Waals surface area contributed by atoms with Gasteiger partial charge in [0.1, 0.15) is 0 Å². The largest absolute Gasteiger partial charge is 0.343 e. The maximum atomic E-state index is 12.9. The number of hydrogen-bond donors (Lipinski definition) is 0. The minimum Gasteiger partial charge on any atom is -0.310 e. The summed E-state index contributed by atoms with van der Waals surface area (Å²) in [6.45, 7) is 5.57. The molecule has 0 bridgehead atoms. The molecule has 0 heterocycles. The van der Waals surface area contributed by atoms with Crippen molar-refractivity contribution in [3.63, 3.8) is 0 Å². The minimum atomic E-state index is -3.01. The van der Waals surface area contributed by atoms with Crippen LogP contribution in [0, 0.1) is 6.57 Å². The fourth-order valence-corrected chi connectivity index (χ4v) is 0.873. The molecule has 0 aliphatic heterocycles. The van der Waals surface area contributed by atoms with E-state index in [9.17, 15) is 8.78 Å². The number of nitrogens with zero attached hydrogens (tertiary/aromatic N) is 1. The molecule has 0 spiro atoms. The van der Waals surface area contributed by atoms with Crippen LogP contribution in [0.15, 0.2) is 30.3 Å². The van der Waals surface area contributed by atoms with Gasteiger partial charge in [0.2, 0.25) is 0 Å². The Morgan fingerprint density at radius 3 is 2.33 bits per heavy atom. The summed E-state index contributed by atoms with van der Waals surface area (Å²) in [5, 5.41) is 0. The van der Waals surface area contributed by atoms with E-state index in [4.69, 9.17) is 6.57 Å². The predicted molar refractivity (Wildman–Crippen MR) is 41.8 cm³/mol. The van der Waals surface area contributed by atoms with Gasteiger partial charge in [0, 0.05) is 5.56 Å². The molecular formula is C9H7F2N. The zero-order chi connectivity index (χ0) is 9.03. The molecule has 0 unspecified atom stereocenters. The van der Waals surface area contributed by atoms with Crippen LogP contribution in [0.5, 0.6) is 0 Å². The van der Waals surface area contributed by atoms with E-state index < -0.39 is 12.5 Å². The summed E-state index contributed by atoms with van der Waals surface area (Å²) in [7, 11) is 0. The van der Waals surface area contributed by atoms with Crippen LogP contribution in [0.1, 0.15) is 5.56 Å². The van der Waals surface area contributed by atoms with Gasteiger partial charge in [-0.05, 0) is 0 Å². The quantitative estimate of drug-likeness (QED) is 0.596. The van der Waals surface area contributed by atoms with E-state index in [1.165, 1.54) is 24.3 Å². The molecule has 0 radical (unpaired) electrons. The average molecular weight is 167 g/mol. The fraction of sp³-hybridized carbons (Fsp3) is 0.222. The molecule has 0 aliphatic rings. The number of halogens is 2. The standard InChI is InChI=1S/C9H7F2N/c1-12-7-9(10,11)8-5-3-2-4-6-8/h2-6H,7H2. The maximum Gasteiger partial charge on any atom is 0.343 e. The lowest BCUT2D eigenvalue weighted by atomic mass is 10.1. The van der Waals surface area contributed by atoms with Gasteiger partial charge in [0.15, 0.2) is 0 Å². The highest BCUT2D eigenvalue weighted by molar-refractivity contribution is 5.20. The van der Waals surface area contributed by atoms with Crippen LogP contribution in [0.2, 0.25) is 0 Å². The predicted octanol–water partition coefficient (Wildman–Crippen LogP) is 2.70. The Kier molecular flexibility index (Phi) is 2.39. The molecule has 0 N–H and O–H groups in total. The Morgan fingerprint density at radius 2 is 1.83 bits per heavy atom. The van der Waals surface area contributed by atoms with Crippen LogP contribution in [0.4, 0.5) is 8.78 Å². The van der Waals surface area contributed by atoms with Crippen LogP contribution < -0.4 is 0 Å². The summed E-state index contributed by atoms with van der Waals surface area (Å²) < 4.78 is 25.9. The number of alkyl halides is 2. The van der Waals surface area contributed by atoms with Crippen molar-refractivity contribution in [2.75, 3.05) is 6.54 Å². The molecule has 0 aromatic heterocycles. The molecular weight excluding hydrogens is 160 g/mol. The Labute approximate surface area is 69.5 Å². The van der Waals surface area contributed by atoms with Crippen molar-refractivity contribution in [1.29, 1.82) is 0 Å². The van der Waals surface area contributed by atoms with E-state index in [-0.39, 0.29) is 5.56 Å². The third-order valence-electron chi connectivity index (χ3n) is 1.47. The van der Waals surface area contributed by atoms with Crippen molar-refractivity contribution >= 4 is 0 Å². The Balaban J connectivity index is 2.91. The lowest BCUT2D eigenvalue weighted by Gasteiger charge is -2.08. The molecule has 1 aromatic rings. The molecule has 1 nitrogen and oxygen atoms in total. The van der Waals surface area contributed by atoms with Crippen molar-refractivity contribution in [2.24, 2.45) is 0 Å². The third-order valence-corrected chi connectivity index (χ3v) is 1.47. The van der Waals surface area contributed by atoms with Crippen LogP contribution in [0.25, 0.3) is 4.85 Å². The second-order valence-electron chi connectivity index (χ2n) is 2.39. The first-order valence-electron chi connectivity index (χ1n) is 3.43. The highest BCUT2D eigenvalue weighted by atomic mass is 19.3. The maximum absolute atomic E-state index is 12.9. The monoisotopic (exact) mass is 167 g/mol. The molecule has 0 aliphatic carbocycles. The average Bonchev–Trinajstić information content (AvgIpc) is 2.06. The number of hydrogen-bond acceptors (Lipinski definition) is 0. The van der Waals surface area contributed by atoms with Gasteiger partial charge in [-0.2, -0.15) is 8.78 Å². The molecule has 0 saturated heterocycles. The molecule has 1 rings (SSSR count). The normalized spacial score (nSPS) is 10.8. The van der Waals surface area contributed by atoms with Crippen molar-refractivity contribution in [1.82, 2.24) is 0 Å². The van der Waals surface area contributed by atoms with Crippen LogP contribution in [-0.4, -0.2) is 6.54 Å². The van der Waals surface area contributed by atoms with E-state index >= 15 is 0 Å². The van der Waals surface area contributed by atoms with Gasteiger partial charge in [-0.1, -0.05) is 30.3 Å². The van der Waals surface area contributed by atoms with Gasteiger partial charge in [0.25, 0.3) is 6.54 Å². The lowest BCUT2D eigenvalue weighted by molar-refractivity contribution is 0.0141. The van der Waals surface area contributed by atoms with Crippen LogP contribution in [0.3, 0.4) is 0 Å². The molecule has 12 heavy (non-hydrogen) atoms.